The quantitative estimate of drug-likeness (QED) is 0.411. The molecule has 0 saturated heterocycles. The van der Waals surface area contributed by atoms with Gasteiger partial charge in [0, 0.05) is 36.2 Å². The normalized spacial score (nSPS) is 10.8. The SMILES string of the molecule is CCOCCOCc1cccc(NC(=O)NCCc2csc(-c3ccc(C)cc3)n2)c1. The first-order chi connectivity index (χ1) is 15.1. The number of carbonyl (C=O) groups excluding carboxylic acids is 1. The lowest BCUT2D eigenvalue weighted by molar-refractivity contribution is 0.0453. The maximum atomic E-state index is 12.2. The number of ether oxygens (including phenoxy) is 2. The molecule has 6 nitrogen and oxygen atoms in total. The van der Waals surface area contributed by atoms with Crippen LogP contribution in [0.25, 0.3) is 10.6 Å². The number of carbonyl (C=O) groups is 1. The average Bonchev–Trinajstić information content (AvgIpc) is 3.23. The van der Waals surface area contributed by atoms with Crippen LogP contribution in [0.3, 0.4) is 0 Å². The van der Waals surface area contributed by atoms with Gasteiger partial charge in [0.25, 0.3) is 0 Å². The summed E-state index contributed by atoms with van der Waals surface area (Å²) in [6.45, 7) is 6.85. The van der Waals surface area contributed by atoms with E-state index < -0.39 is 0 Å². The smallest absolute Gasteiger partial charge is 0.319 e. The van der Waals surface area contributed by atoms with Crippen LogP contribution in [0.1, 0.15) is 23.7 Å². The lowest BCUT2D eigenvalue weighted by Crippen LogP contribution is -2.30. The Morgan fingerprint density at radius 3 is 2.71 bits per heavy atom. The number of hydrogen-bond acceptors (Lipinski definition) is 5. The second-order valence-corrected chi connectivity index (χ2v) is 7.95. The Labute approximate surface area is 187 Å². The summed E-state index contributed by atoms with van der Waals surface area (Å²) in [6, 6.07) is 15.8. The van der Waals surface area contributed by atoms with Gasteiger partial charge in [0.15, 0.2) is 0 Å². The summed E-state index contributed by atoms with van der Waals surface area (Å²) in [7, 11) is 0. The molecule has 0 unspecified atom stereocenters. The molecule has 3 rings (SSSR count). The van der Waals surface area contributed by atoms with E-state index in [-0.39, 0.29) is 6.03 Å². The maximum absolute atomic E-state index is 12.2. The molecule has 0 fully saturated rings. The van der Waals surface area contributed by atoms with Crippen LogP contribution >= 0.6 is 11.3 Å². The predicted octanol–water partition coefficient (Wildman–Crippen LogP) is 5.04. The molecule has 1 heterocycles. The van der Waals surface area contributed by atoms with Crippen molar-refractivity contribution in [1.82, 2.24) is 10.3 Å². The lowest BCUT2D eigenvalue weighted by Gasteiger charge is -2.09. The van der Waals surface area contributed by atoms with Crippen LogP contribution in [0.2, 0.25) is 0 Å². The maximum Gasteiger partial charge on any atom is 0.319 e. The third kappa shape index (κ3) is 7.79. The Balaban J connectivity index is 1.40. The van der Waals surface area contributed by atoms with E-state index in [1.165, 1.54) is 5.56 Å². The number of aryl methyl sites for hydroxylation is 1. The molecule has 0 atom stereocenters. The van der Waals surface area contributed by atoms with E-state index in [0.29, 0.717) is 39.4 Å². The molecule has 0 radical (unpaired) electrons. The van der Waals surface area contributed by atoms with Crippen LogP contribution in [-0.2, 0) is 22.5 Å². The number of aromatic nitrogens is 1. The third-order valence-corrected chi connectivity index (χ3v) is 5.49. The van der Waals surface area contributed by atoms with Crippen molar-refractivity contribution in [2.45, 2.75) is 26.9 Å². The number of amides is 2. The summed E-state index contributed by atoms with van der Waals surface area (Å²) in [5.41, 5.74) is 5.07. The molecule has 0 aliphatic carbocycles. The molecule has 31 heavy (non-hydrogen) atoms. The summed E-state index contributed by atoms with van der Waals surface area (Å²) in [5, 5.41) is 8.80. The number of anilines is 1. The van der Waals surface area contributed by atoms with Crippen molar-refractivity contribution in [3.05, 3.63) is 70.7 Å². The topological polar surface area (TPSA) is 72.5 Å². The zero-order valence-corrected chi connectivity index (χ0v) is 18.8. The highest BCUT2D eigenvalue weighted by atomic mass is 32.1. The molecule has 2 N–H and O–H groups in total. The molecule has 3 aromatic rings. The van der Waals surface area contributed by atoms with E-state index in [1.54, 1.807) is 11.3 Å². The molecule has 1 aromatic heterocycles. The summed E-state index contributed by atoms with van der Waals surface area (Å²) in [5.74, 6) is 0. The molecular weight excluding hydrogens is 410 g/mol. The molecule has 0 bridgehead atoms. The summed E-state index contributed by atoms with van der Waals surface area (Å²) in [6.07, 6.45) is 0.684. The second-order valence-electron chi connectivity index (χ2n) is 7.09. The predicted molar refractivity (Wildman–Crippen MR) is 126 cm³/mol. The van der Waals surface area contributed by atoms with E-state index >= 15 is 0 Å². The summed E-state index contributed by atoms with van der Waals surface area (Å²) in [4.78, 5) is 16.9. The van der Waals surface area contributed by atoms with Crippen LogP contribution in [0.15, 0.2) is 53.9 Å². The Hall–Kier alpha value is -2.74. The van der Waals surface area contributed by atoms with Gasteiger partial charge in [-0.05, 0) is 31.5 Å². The van der Waals surface area contributed by atoms with Crippen LogP contribution < -0.4 is 10.6 Å². The zero-order valence-electron chi connectivity index (χ0n) is 18.0. The second kappa shape index (κ2) is 12.2. The van der Waals surface area contributed by atoms with Crippen molar-refractivity contribution < 1.29 is 14.3 Å². The Bertz CT molecular complexity index is 957. The van der Waals surface area contributed by atoms with Crippen molar-refractivity contribution in [2.75, 3.05) is 31.7 Å². The molecule has 0 spiro atoms. The molecule has 7 heteroatoms. The van der Waals surface area contributed by atoms with Crippen LogP contribution in [0, 0.1) is 6.92 Å². The molecule has 0 aliphatic heterocycles. The van der Waals surface area contributed by atoms with Crippen LogP contribution in [0.4, 0.5) is 10.5 Å². The number of rotatable bonds is 11. The van der Waals surface area contributed by atoms with E-state index in [4.69, 9.17) is 9.47 Å². The Morgan fingerprint density at radius 2 is 1.90 bits per heavy atom. The van der Waals surface area contributed by atoms with Crippen molar-refractivity contribution >= 4 is 23.1 Å². The van der Waals surface area contributed by atoms with E-state index in [2.05, 4.69) is 46.8 Å². The first-order valence-corrected chi connectivity index (χ1v) is 11.3. The van der Waals surface area contributed by atoms with Gasteiger partial charge in [-0.15, -0.1) is 11.3 Å². The minimum atomic E-state index is -0.233. The lowest BCUT2D eigenvalue weighted by atomic mass is 10.2. The number of benzene rings is 2. The number of thiazole rings is 1. The van der Waals surface area contributed by atoms with Crippen molar-refractivity contribution in [1.29, 1.82) is 0 Å². The van der Waals surface area contributed by atoms with Gasteiger partial charge in [0.1, 0.15) is 5.01 Å². The van der Waals surface area contributed by atoms with Gasteiger partial charge in [0.05, 0.1) is 25.5 Å². The van der Waals surface area contributed by atoms with Gasteiger partial charge in [0.2, 0.25) is 0 Å². The number of urea groups is 1. The first kappa shape index (κ1) is 22.9. The fourth-order valence-corrected chi connectivity index (χ4v) is 3.78. The van der Waals surface area contributed by atoms with Gasteiger partial charge in [-0.25, -0.2) is 9.78 Å². The van der Waals surface area contributed by atoms with Crippen molar-refractivity contribution in [3.8, 4) is 10.6 Å². The minimum Gasteiger partial charge on any atom is -0.379 e. The van der Waals surface area contributed by atoms with Crippen molar-refractivity contribution in [2.24, 2.45) is 0 Å². The monoisotopic (exact) mass is 439 g/mol. The fraction of sp³-hybridized carbons (Fsp3) is 0.333. The Morgan fingerprint density at radius 1 is 1.10 bits per heavy atom. The molecule has 2 amide bonds. The standard InChI is InChI=1S/C24H29N3O3S/c1-3-29-13-14-30-16-19-5-4-6-21(15-19)27-24(28)25-12-11-22-17-31-23(26-22)20-9-7-18(2)8-10-20/h4-10,15,17H,3,11-14,16H2,1-2H3,(H2,25,27,28). The average molecular weight is 440 g/mol. The van der Waals surface area contributed by atoms with E-state index in [0.717, 1.165) is 27.5 Å². The number of nitrogens with zero attached hydrogens (tertiary/aromatic N) is 1. The minimum absolute atomic E-state index is 0.233. The van der Waals surface area contributed by atoms with Gasteiger partial charge >= 0.3 is 6.03 Å². The molecular formula is C24H29N3O3S. The summed E-state index contributed by atoms with van der Waals surface area (Å²) >= 11 is 1.62. The van der Waals surface area contributed by atoms with Crippen LogP contribution in [-0.4, -0.2) is 37.4 Å². The summed E-state index contributed by atoms with van der Waals surface area (Å²) < 4.78 is 10.8. The van der Waals surface area contributed by atoms with Crippen molar-refractivity contribution in [3.63, 3.8) is 0 Å². The molecule has 0 saturated carbocycles. The van der Waals surface area contributed by atoms with Gasteiger partial charge in [-0.3, -0.25) is 0 Å². The van der Waals surface area contributed by atoms with Gasteiger partial charge < -0.3 is 20.1 Å². The number of hydrogen-bond donors (Lipinski definition) is 2. The highest BCUT2D eigenvalue weighted by Crippen LogP contribution is 2.24. The molecule has 164 valence electrons. The van der Waals surface area contributed by atoms with Crippen LogP contribution in [0.5, 0.6) is 0 Å². The molecule has 2 aromatic carbocycles. The largest absolute Gasteiger partial charge is 0.379 e. The fourth-order valence-electron chi connectivity index (χ4n) is 2.92. The van der Waals surface area contributed by atoms with E-state index in [9.17, 15) is 4.79 Å². The third-order valence-electron chi connectivity index (χ3n) is 4.55. The first-order valence-electron chi connectivity index (χ1n) is 10.4. The van der Waals surface area contributed by atoms with E-state index in [1.807, 2.05) is 36.6 Å². The molecule has 0 aliphatic rings. The zero-order chi connectivity index (χ0) is 21.9. The van der Waals surface area contributed by atoms with Gasteiger partial charge in [-0.1, -0.05) is 42.0 Å². The number of nitrogens with one attached hydrogen (secondary N) is 2. The highest BCUT2D eigenvalue weighted by Gasteiger charge is 2.06. The highest BCUT2D eigenvalue weighted by molar-refractivity contribution is 7.13. The van der Waals surface area contributed by atoms with Gasteiger partial charge in [-0.2, -0.15) is 0 Å². The Kier molecular flexibility index (Phi) is 9.02.